The largest absolute Gasteiger partial charge is 0.388 e. The third-order valence-electron chi connectivity index (χ3n) is 5.83. The van der Waals surface area contributed by atoms with Gasteiger partial charge >= 0.3 is 0 Å². The van der Waals surface area contributed by atoms with Crippen molar-refractivity contribution in [3.63, 3.8) is 0 Å². The number of aromatic nitrogens is 5. The monoisotopic (exact) mass is 477 g/mol. The summed E-state index contributed by atoms with van der Waals surface area (Å²) in [7, 11) is 1.51. The highest BCUT2D eigenvalue weighted by atomic mass is 19.1. The number of halogens is 1. The van der Waals surface area contributed by atoms with Crippen molar-refractivity contribution in [2.75, 3.05) is 12.4 Å². The van der Waals surface area contributed by atoms with Crippen molar-refractivity contribution in [3.05, 3.63) is 66.0 Å². The summed E-state index contributed by atoms with van der Waals surface area (Å²) in [6, 6.07) is 9.34. The number of nitrogens with zero attached hydrogens (tertiary/aromatic N) is 5. The Balaban J connectivity index is 1.57. The zero-order valence-electron chi connectivity index (χ0n) is 19.1. The van der Waals surface area contributed by atoms with E-state index in [4.69, 9.17) is 4.74 Å². The van der Waals surface area contributed by atoms with Gasteiger partial charge in [0.2, 0.25) is 5.91 Å². The molecule has 3 aromatic heterocycles. The fourth-order valence-electron chi connectivity index (χ4n) is 4.13. The van der Waals surface area contributed by atoms with Crippen molar-refractivity contribution in [1.82, 2.24) is 29.8 Å². The number of pyridine rings is 1. The SMILES string of the molecule is CNC(=O)[C@@H]1C[C@@H](O)[C@H](n2cnc3c(NCc4cccc(C)c4)nc(-c4cncc(F)c4)nc32)O1. The molecule has 4 heterocycles. The number of benzene rings is 1. The zero-order chi connectivity index (χ0) is 24.5. The molecular weight excluding hydrogens is 453 g/mol. The topological polar surface area (TPSA) is 127 Å². The van der Waals surface area contributed by atoms with Gasteiger partial charge in [-0.2, -0.15) is 0 Å². The number of aliphatic hydroxyl groups excluding tert-OH is 1. The van der Waals surface area contributed by atoms with Gasteiger partial charge in [-0.25, -0.2) is 19.3 Å². The van der Waals surface area contributed by atoms with Gasteiger partial charge in [-0.05, 0) is 18.6 Å². The van der Waals surface area contributed by atoms with Crippen LogP contribution in [0.4, 0.5) is 10.2 Å². The number of carbonyl (C=O) groups is 1. The number of rotatable bonds is 6. The number of carbonyl (C=O) groups excluding carboxylic acids is 1. The van der Waals surface area contributed by atoms with Gasteiger partial charge in [0.15, 0.2) is 29.0 Å². The van der Waals surface area contributed by atoms with Gasteiger partial charge in [0, 0.05) is 31.8 Å². The molecular formula is C24H24FN7O3. The quantitative estimate of drug-likeness (QED) is 0.386. The first-order chi connectivity index (χ1) is 16.9. The van der Waals surface area contributed by atoms with Crippen LogP contribution in [0.2, 0.25) is 0 Å². The highest BCUT2D eigenvalue weighted by Gasteiger charge is 2.39. The van der Waals surface area contributed by atoms with E-state index in [0.29, 0.717) is 29.1 Å². The maximum atomic E-state index is 13.9. The normalized spacial score (nSPS) is 19.7. The number of likely N-dealkylation sites (N-methyl/N-ethyl adjacent to an activating group) is 1. The average molecular weight is 478 g/mol. The Kier molecular flexibility index (Phi) is 6.10. The second-order valence-electron chi connectivity index (χ2n) is 8.39. The molecule has 1 aromatic carbocycles. The van der Waals surface area contributed by atoms with E-state index in [1.165, 1.54) is 25.6 Å². The van der Waals surface area contributed by atoms with Gasteiger partial charge < -0.3 is 20.5 Å². The lowest BCUT2D eigenvalue weighted by molar-refractivity contribution is -0.134. The maximum absolute atomic E-state index is 13.9. The maximum Gasteiger partial charge on any atom is 0.249 e. The third kappa shape index (κ3) is 4.55. The summed E-state index contributed by atoms with van der Waals surface area (Å²) in [4.78, 5) is 29.6. The fraction of sp³-hybridized carbons (Fsp3) is 0.292. The van der Waals surface area contributed by atoms with Crippen LogP contribution in [0.15, 0.2) is 49.1 Å². The fourth-order valence-corrected chi connectivity index (χ4v) is 4.13. The summed E-state index contributed by atoms with van der Waals surface area (Å²) in [5.74, 6) is -0.173. The number of ether oxygens (including phenoxy) is 1. The van der Waals surface area contributed by atoms with Crippen molar-refractivity contribution in [3.8, 4) is 11.4 Å². The summed E-state index contributed by atoms with van der Waals surface area (Å²) in [5.41, 5.74) is 3.38. The number of nitrogens with one attached hydrogen (secondary N) is 2. The van der Waals surface area contributed by atoms with Gasteiger partial charge in [-0.15, -0.1) is 0 Å². The Labute approximate surface area is 200 Å². The molecule has 180 valence electrons. The molecule has 1 fully saturated rings. The van der Waals surface area contributed by atoms with Crippen LogP contribution in [0.5, 0.6) is 0 Å². The van der Waals surface area contributed by atoms with E-state index in [2.05, 4.69) is 36.6 Å². The van der Waals surface area contributed by atoms with Crippen molar-refractivity contribution in [2.45, 2.75) is 38.3 Å². The minimum Gasteiger partial charge on any atom is -0.388 e. The van der Waals surface area contributed by atoms with E-state index < -0.39 is 24.3 Å². The van der Waals surface area contributed by atoms with Crippen LogP contribution >= 0.6 is 0 Å². The lowest BCUT2D eigenvalue weighted by atomic mass is 10.1. The number of aliphatic hydroxyl groups is 1. The van der Waals surface area contributed by atoms with E-state index in [0.717, 1.165) is 17.3 Å². The second kappa shape index (κ2) is 9.35. The van der Waals surface area contributed by atoms with Crippen LogP contribution in [0.1, 0.15) is 23.8 Å². The first-order valence-corrected chi connectivity index (χ1v) is 11.1. The molecule has 1 aliphatic heterocycles. The van der Waals surface area contributed by atoms with Gasteiger partial charge in [0.1, 0.15) is 18.0 Å². The van der Waals surface area contributed by atoms with E-state index in [1.807, 2.05) is 25.1 Å². The second-order valence-corrected chi connectivity index (χ2v) is 8.39. The smallest absolute Gasteiger partial charge is 0.249 e. The Morgan fingerprint density at radius 3 is 2.91 bits per heavy atom. The van der Waals surface area contributed by atoms with Crippen molar-refractivity contribution < 1.29 is 19.0 Å². The average Bonchev–Trinajstić information content (AvgIpc) is 3.45. The molecule has 4 aromatic rings. The molecule has 5 rings (SSSR count). The van der Waals surface area contributed by atoms with Crippen LogP contribution in [0.25, 0.3) is 22.6 Å². The summed E-state index contributed by atoms with van der Waals surface area (Å²) >= 11 is 0. The molecule has 3 atom stereocenters. The minimum absolute atomic E-state index is 0.133. The summed E-state index contributed by atoms with van der Waals surface area (Å²) in [6.07, 6.45) is 1.57. The molecule has 0 spiro atoms. The Morgan fingerprint density at radius 1 is 1.29 bits per heavy atom. The molecule has 1 amide bonds. The van der Waals surface area contributed by atoms with E-state index in [9.17, 15) is 14.3 Å². The van der Waals surface area contributed by atoms with Gasteiger partial charge in [-0.1, -0.05) is 29.8 Å². The van der Waals surface area contributed by atoms with Crippen LogP contribution in [-0.2, 0) is 16.1 Å². The highest BCUT2D eigenvalue weighted by Crippen LogP contribution is 2.33. The first kappa shape index (κ1) is 22.8. The van der Waals surface area contributed by atoms with Crippen LogP contribution in [-0.4, -0.2) is 54.8 Å². The van der Waals surface area contributed by atoms with Gasteiger partial charge in [0.05, 0.1) is 12.5 Å². The third-order valence-corrected chi connectivity index (χ3v) is 5.83. The Bertz CT molecular complexity index is 1390. The van der Waals surface area contributed by atoms with Crippen LogP contribution < -0.4 is 10.6 Å². The van der Waals surface area contributed by atoms with Gasteiger partial charge in [-0.3, -0.25) is 14.3 Å². The van der Waals surface area contributed by atoms with Crippen molar-refractivity contribution >= 4 is 22.9 Å². The molecule has 0 saturated carbocycles. The molecule has 1 saturated heterocycles. The molecule has 0 radical (unpaired) electrons. The molecule has 0 bridgehead atoms. The minimum atomic E-state index is -0.951. The number of anilines is 1. The first-order valence-electron chi connectivity index (χ1n) is 11.1. The standard InChI is InChI=1S/C24H24FN7O3/c1-13-4-3-5-14(6-13)9-28-21-19-22(31-20(30-21)15-7-16(25)11-27-10-15)32(12-29-19)24-17(33)8-18(35-24)23(34)26-2/h3-7,10-12,17-18,24,33H,8-9H2,1-2H3,(H,26,34)(H,28,30,31)/t17-,18+,24-/m1/s1. The Morgan fingerprint density at radius 2 is 2.14 bits per heavy atom. The number of fused-ring (bicyclic) bond motifs is 1. The van der Waals surface area contributed by atoms with Crippen molar-refractivity contribution in [1.29, 1.82) is 0 Å². The molecule has 0 unspecified atom stereocenters. The number of imidazole rings is 1. The predicted octanol–water partition coefficient (Wildman–Crippen LogP) is 2.34. The number of hydrogen-bond acceptors (Lipinski definition) is 8. The van der Waals surface area contributed by atoms with E-state index >= 15 is 0 Å². The van der Waals surface area contributed by atoms with Crippen molar-refractivity contribution in [2.24, 2.45) is 0 Å². The molecule has 3 N–H and O–H groups in total. The Hall–Kier alpha value is -3.96. The van der Waals surface area contributed by atoms with Crippen LogP contribution in [0, 0.1) is 12.7 Å². The molecule has 1 aliphatic rings. The van der Waals surface area contributed by atoms with E-state index in [1.54, 1.807) is 4.57 Å². The van der Waals surface area contributed by atoms with E-state index in [-0.39, 0.29) is 18.2 Å². The zero-order valence-corrected chi connectivity index (χ0v) is 19.1. The summed E-state index contributed by atoms with van der Waals surface area (Å²) < 4.78 is 21.3. The van der Waals surface area contributed by atoms with Gasteiger partial charge in [0.25, 0.3) is 0 Å². The van der Waals surface area contributed by atoms with Crippen LogP contribution in [0.3, 0.4) is 0 Å². The molecule has 11 heteroatoms. The summed E-state index contributed by atoms with van der Waals surface area (Å²) in [6.45, 7) is 2.49. The number of amides is 1. The lowest BCUT2D eigenvalue weighted by Gasteiger charge is -2.17. The number of aryl methyl sites for hydroxylation is 1. The predicted molar refractivity (Wildman–Crippen MR) is 126 cm³/mol. The summed E-state index contributed by atoms with van der Waals surface area (Å²) in [5, 5.41) is 16.5. The molecule has 0 aliphatic carbocycles. The lowest BCUT2D eigenvalue weighted by Crippen LogP contribution is -2.31. The molecule has 10 nitrogen and oxygen atoms in total. The number of hydrogen-bond donors (Lipinski definition) is 3. The highest BCUT2D eigenvalue weighted by molar-refractivity contribution is 5.85. The molecule has 35 heavy (non-hydrogen) atoms.